The van der Waals surface area contributed by atoms with Crippen molar-refractivity contribution in [2.75, 3.05) is 19.5 Å². The summed E-state index contributed by atoms with van der Waals surface area (Å²) in [5, 5.41) is 5.25. The molecule has 228 valence electrons. The quantitative estimate of drug-likeness (QED) is 0.133. The molecule has 3 aromatic carbocycles. The van der Waals surface area contributed by atoms with Crippen LogP contribution in [-0.2, 0) is 21.5 Å². The van der Waals surface area contributed by atoms with Crippen molar-refractivity contribution in [3.63, 3.8) is 0 Å². The van der Waals surface area contributed by atoms with Gasteiger partial charge in [0.25, 0.3) is 0 Å². The summed E-state index contributed by atoms with van der Waals surface area (Å²) in [7, 11) is 0. The number of aromatic nitrogens is 3. The van der Waals surface area contributed by atoms with Gasteiger partial charge in [0.1, 0.15) is 17.3 Å². The number of fused-ring (bicyclic) bond motifs is 2. The molecule has 0 amide bonds. The minimum absolute atomic E-state index is 0.0545. The number of halogens is 3. The van der Waals surface area contributed by atoms with Gasteiger partial charge in [-0.3, -0.25) is 9.48 Å². The highest BCUT2D eigenvalue weighted by molar-refractivity contribution is 7.99. The van der Waals surface area contributed by atoms with Crippen molar-refractivity contribution >= 4 is 28.6 Å². The van der Waals surface area contributed by atoms with E-state index < -0.39 is 23.0 Å². The molecule has 5 aromatic rings. The van der Waals surface area contributed by atoms with Crippen LogP contribution in [0, 0.1) is 17.5 Å². The van der Waals surface area contributed by atoms with E-state index in [1.807, 2.05) is 25.1 Å². The molecule has 0 bridgehead atoms. The van der Waals surface area contributed by atoms with Gasteiger partial charge in [0.15, 0.2) is 11.6 Å². The van der Waals surface area contributed by atoms with Gasteiger partial charge >= 0.3 is 5.97 Å². The van der Waals surface area contributed by atoms with Crippen LogP contribution in [0.5, 0.6) is 17.2 Å². The number of aromatic amines is 1. The van der Waals surface area contributed by atoms with Crippen LogP contribution < -0.4 is 9.47 Å². The third kappa shape index (κ3) is 5.19. The summed E-state index contributed by atoms with van der Waals surface area (Å²) in [4.78, 5) is 15.1. The lowest BCUT2D eigenvalue weighted by molar-refractivity contribution is -0.143. The number of hydrogen-bond acceptors (Lipinski definition) is 6. The number of ether oxygens (including phenoxy) is 3. The number of esters is 1. The third-order valence-corrected chi connectivity index (χ3v) is 8.77. The maximum atomic E-state index is 15.2. The van der Waals surface area contributed by atoms with Crippen molar-refractivity contribution < 1.29 is 32.2 Å². The van der Waals surface area contributed by atoms with Crippen molar-refractivity contribution in [1.29, 1.82) is 0 Å². The lowest BCUT2D eigenvalue weighted by Crippen LogP contribution is -2.37. The molecule has 6 rings (SSSR count). The van der Waals surface area contributed by atoms with Gasteiger partial charge in [-0.2, -0.15) is 9.49 Å². The molecular formula is C33H30F3N3O4S. The second-order valence-electron chi connectivity index (χ2n) is 10.6. The Bertz CT molecular complexity index is 1870. The Labute approximate surface area is 256 Å². The molecule has 1 aliphatic heterocycles. The van der Waals surface area contributed by atoms with Crippen molar-refractivity contribution in [3.8, 4) is 28.5 Å². The lowest BCUT2D eigenvalue weighted by atomic mass is 9.84. The zero-order valence-electron chi connectivity index (χ0n) is 24.4. The first-order valence-electron chi connectivity index (χ1n) is 14.2. The van der Waals surface area contributed by atoms with Crippen LogP contribution in [0.2, 0.25) is 0 Å². The highest BCUT2D eigenvalue weighted by Crippen LogP contribution is 2.44. The molecule has 2 aromatic heterocycles. The first-order valence-corrected chi connectivity index (χ1v) is 15.4. The molecule has 11 heteroatoms. The molecular weight excluding hydrogens is 591 g/mol. The number of H-pyrrole nitrogens is 1. The Hall–Kier alpha value is -4.38. The number of carbonyl (C=O) groups is 1. The molecule has 1 unspecified atom stereocenters. The highest BCUT2D eigenvalue weighted by atomic mass is 32.2. The molecule has 1 atom stereocenters. The van der Waals surface area contributed by atoms with Gasteiger partial charge in [0.2, 0.25) is 5.82 Å². The Morgan fingerprint density at radius 2 is 2.00 bits per heavy atom. The van der Waals surface area contributed by atoms with E-state index in [1.54, 1.807) is 36.2 Å². The second-order valence-corrected chi connectivity index (χ2v) is 11.4. The zero-order valence-corrected chi connectivity index (χ0v) is 25.2. The summed E-state index contributed by atoms with van der Waals surface area (Å²) in [6.45, 7) is 4.57. The molecule has 1 N–H and O–H groups in total. The van der Waals surface area contributed by atoms with E-state index in [0.717, 1.165) is 11.1 Å². The predicted molar refractivity (Wildman–Crippen MR) is 162 cm³/mol. The summed E-state index contributed by atoms with van der Waals surface area (Å²) in [5.41, 5.74) is 1.73. The highest BCUT2D eigenvalue weighted by Gasteiger charge is 2.37. The second kappa shape index (κ2) is 12.0. The maximum absolute atomic E-state index is 15.2. The molecule has 1 aliphatic rings. The molecule has 0 saturated carbocycles. The van der Waals surface area contributed by atoms with E-state index in [2.05, 4.69) is 4.98 Å². The number of para-hydroxylation sites is 1. The minimum atomic E-state index is -1.13. The van der Waals surface area contributed by atoms with Gasteiger partial charge in [-0.25, -0.2) is 8.78 Å². The Kier molecular flexibility index (Phi) is 8.06. The molecule has 0 aliphatic carbocycles. The summed E-state index contributed by atoms with van der Waals surface area (Å²) in [6, 6.07) is 13.2. The standard InChI is InChI=1S/C33H30F3N3O4S/c1-4-41-26(40)11-8-19-6-5-7-23-30(19)42-17-14-33(23,2)39-16-13-25(38-39)22-18-20(9-10-24(22)34)43-31-28(36)27(35)29-21(12-15-37-29)32(31)44-3/h5-7,9-10,12-13,15-16,18,37H,4,8,11,14,17H2,1-3H3. The number of thioether (sulfide) groups is 1. The van der Waals surface area contributed by atoms with Crippen LogP contribution in [0.25, 0.3) is 22.2 Å². The average molecular weight is 622 g/mol. The maximum Gasteiger partial charge on any atom is 0.306 e. The Morgan fingerprint density at radius 1 is 1.16 bits per heavy atom. The van der Waals surface area contributed by atoms with E-state index >= 15 is 8.78 Å². The number of nitrogens with zero attached hydrogens (tertiary/aromatic N) is 2. The topological polar surface area (TPSA) is 78.4 Å². The smallest absolute Gasteiger partial charge is 0.306 e. The number of carbonyl (C=O) groups excluding carboxylic acids is 1. The van der Waals surface area contributed by atoms with Gasteiger partial charge < -0.3 is 19.2 Å². The van der Waals surface area contributed by atoms with Gasteiger partial charge in [-0.05, 0) is 62.4 Å². The number of nitrogens with one attached hydrogen (secondary N) is 1. The minimum Gasteiger partial charge on any atom is -0.493 e. The monoisotopic (exact) mass is 621 g/mol. The fourth-order valence-corrected chi connectivity index (χ4v) is 6.37. The summed E-state index contributed by atoms with van der Waals surface area (Å²) >= 11 is 1.22. The van der Waals surface area contributed by atoms with Crippen molar-refractivity contribution in [1.82, 2.24) is 14.8 Å². The molecule has 0 radical (unpaired) electrons. The van der Waals surface area contributed by atoms with E-state index in [-0.39, 0.29) is 35.0 Å². The van der Waals surface area contributed by atoms with Crippen LogP contribution in [0.1, 0.15) is 37.8 Å². The predicted octanol–water partition coefficient (Wildman–Crippen LogP) is 8.00. The van der Waals surface area contributed by atoms with Crippen molar-refractivity contribution in [2.24, 2.45) is 0 Å². The van der Waals surface area contributed by atoms with E-state index in [1.165, 1.54) is 36.2 Å². The number of hydrogen-bond donors (Lipinski definition) is 1. The fourth-order valence-electron chi connectivity index (χ4n) is 5.66. The summed E-state index contributed by atoms with van der Waals surface area (Å²) in [5.74, 6) is -2.42. The largest absolute Gasteiger partial charge is 0.493 e. The van der Waals surface area contributed by atoms with Gasteiger partial charge in [0.05, 0.1) is 34.9 Å². The van der Waals surface area contributed by atoms with Crippen LogP contribution >= 0.6 is 11.8 Å². The Morgan fingerprint density at radius 3 is 2.80 bits per heavy atom. The molecule has 44 heavy (non-hydrogen) atoms. The molecule has 0 fully saturated rings. The normalized spacial score (nSPS) is 16.0. The summed E-state index contributed by atoms with van der Waals surface area (Å²) < 4.78 is 63.9. The molecule has 0 spiro atoms. The lowest BCUT2D eigenvalue weighted by Gasteiger charge is -2.37. The number of rotatable bonds is 9. The first-order chi connectivity index (χ1) is 21.2. The van der Waals surface area contributed by atoms with E-state index in [4.69, 9.17) is 19.3 Å². The average Bonchev–Trinajstić information content (AvgIpc) is 3.72. The number of aryl methyl sites for hydroxylation is 1. The van der Waals surface area contributed by atoms with E-state index in [0.29, 0.717) is 47.8 Å². The van der Waals surface area contributed by atoms with Gasteiger partial charge in [-0.1, -0.05) is 18.2 Å². The molecule has 0 saturated heterocycles. The fraction of sp³-hybridized carbons (Fsp3) is 0.273. The molecule has 3 heterocycles. The number of benzene rings is 3. The van der Waals surface area contributed by atoms with Crippen LogP contribution in [-0.4, -0.2) is 40.2 Å². The van der Waals surface area contributed by atoms with Crippen molar-refractivity contribution in [3.05, 3.63) is 89.5 Å². The third-order valence-electron chi connectivity index (χ3n) is 7.96. The van der Waals surface area contributed by atoms with Crippen LogP contribution in [0.4, 0.5) is 13.2 Å². The summed E-state index contributed by atoms with van der Waals surface area (Å²) in [6.07, 6.45) is 6.38. The SMILES string of the molecule is CCOC(=O)CCc1cccc2c1OCCC2(C)n1ccc(-c2cc(Oc3c(F)c(F)c4[nH]ccc4c3SC)ccc2F)n1. The van der Waals surface area contributed by atoms with E-state index in [9.17, 15) is 9.18 Å². The Balaban J connectivity index is 1.32. The zero-order chi connectivity index (χ0) is 31.0. The first kappa shape index (κ1) is 29.7. The molecule has 7 nitrogen and oxygen atoms in total. The van der Waals surface area contributed by atoms with Crippen molar-refractivity contribution in [2.45, 2.75) is 43.5 Å². The van der Waals surface area contributed by atoms with Crippen LogP contribution in [0.15, 0.2) is 65.8 Å². The van der Waals surface area contributed by atoms with Gasteiger partial charge in [0, 0.05) is 41.7 Å². The van der Waals surface area contributed by atoms with Gasteiger partial charge in [-0.15, -0.1) is 11.8 Å². The van der Waals surface area contributed by atoms with Crippen LogP contribution in [0.3, 0.4) is 0 Å².